The molecule has 0 amide bonds. The highest BCUT2D eigenvalue weighted by Crippen LogP contribution is 2.66. The maximum Gasteiger partial charge on any atom is 0.0542 e. The molecular formula is C55H46N2. The van der Waals surface area contributed by atoms with E-state index in [1.807, 2.05) is 0 Å². The third kappa shape index (κ3) is 4.89. The molecule has 1 spiro atoms. The largest absolute Gasteiger partial charge is 0.342 e. The lowest BCUT2D eigenvalue weighted by molar-refractivity contribution is 0.488. The molecule has 0 fully saturated rings. The summed E-state index contributed by atoms with van der Waals surface area (Å²) in [6.45, 7) is 2.12. The number of allylic oxidation sites excluding steroid dienone is 8. The van der Waals surface area contributed by atoms with Crippen LogP contribution in [0, 0.1) is 5.92 Å². The first kappa shape index (κ1) is 33.1. The molecule has 0 radical (unpaired) electrons. The SMILES string of the molecule is C1=CC2=C(CC1)CCCN2c1ccc2c(c1)C1(c3ccccc3-c3ccccc31)C1CC(C=Cc3ccc(N4CCCc5ccccc54)c4ccccc34)=CC=C21. The molecule has 0 saturated carbocycles. The minimum atomic E-state index is -0.258. The molecule has 2 heterocycles. The minimum absolute atomic E-state index is 0.258. The van der Waals surface area contributed by atoms with Crippen LogP contribution in [0.3, 0.4) is 0 Å². The van der Waals surface area contributed by atoms with Gasteiger partial charge in [-0.05, 0) is 142 Å². The van der Waals surface area contributed by atoms with E-state index in [-0.39, 0.29) is 5.41 Å². The van der Waals surface area contributed by atoms with Crippen LogP contribution in [0.25, 0.3) is 33.5 Å². The van der Waals surface area contributed by atoms with Crippen LogP contribution in [-0.2, 0) is 11.8 Å². The van der Waals surface area contributed by atoms with E-state index in [1.165, 1.54) is 121 Å². The number of nitrogens with zero attached hydrogens (tertiary/aromatic N) is 2. The molecule has 0 aromatic heterocycles. The minimum Gasteiger partial charge on any atom is -0.342 e. The van der Waals surface area contributed by atoms with Gasteiger partial charge in [0.05, 0.1) is 5.41 Å². The summed E-state index contributed by atoms with van der Waals surface area (Å²) in [6.07, 6.45) is 22.6. The van der Waals surface area contributed by atoms with Crippen molar-refractivity contribution in [3.8, 4) is 11.1 Å². The van der Waals surface area contributed by atoms with E-state index in [1.54, 1.807) is 5.57 Å². The van der Waals surface area contributed by atoms with Gasteiger partial charge in [0.2, 0.25) is 0 Å². The van der Waals surface area contributed by atoms with Crippen molar-refractivity contribution in [3.05, 3.63) is 208 Å². The zero-order chi connectivity index (χ0) is 37.5. The summed E-state index contributed by atoms with van der Waals surface area (Å²) in [5, 5.41) is 2.62. The number of anilines is 3. The number of fused-ring (bicyclic) bond motifs is 12. The Morgan fingerprint density at radius 3 is 2.21 bits per heavy atom. The number of hydrogen-bond donors (Lipinski definition) is 0. The van der Waals surface area contributed by atoms with Crippen molar-refractivity contribution in [2.75, 3.05) is 22.9 Å². The van der Waals surface area contributed by atoms with E-state index in [0.29, 0.717) is 5.92 Å². The third-order valence-corrected chi connectivity index (χ3v) is 14.1. The Hall–Kier alpha value is -6.12. The predicted octanol–water partition coefficient (Wildman–Crippen LogP) is 13.5. The number of para-hydroxylation sites is 1. The van der Waals surface area contributed by atoms with Gasteiger partial charge in [0.15, 0.2) is 0 Å². The number of rotatable bonds is 4. The molecule has 6 aromatic rings. The van der Waals surface area contributed by atoms with Gasteiger partial charge in [-0.3, -0.25) is 0 Å². The van der Waals surface area contributed by atoms with Crippen LogP contribution in [-0.4, -0.2) is 13.1 Å². The molecule has 12 rings (SSSR count). The molecule has 57 heavy (non-hydrogen) atoms. The van der Waals surface area contributed by atoms with Crippen LogP contribution < -0.4 is 9.80 Å². The van der Waals surface area contributed by atoms with E-state index >= 15 is 0 Å². The topological polar surface area (TPSA) is 6.48 Å². The second-order valence-corrected chi connectivity index (χ2v) is 16.9. The molecule has 1 unspecified atom stereocenters. The molecule has 1 atom stereocenters. The average molecular weight is 735 g/mol. The fourth-order valence-corrected chi connectivity index (χ4v) is 11.7. The molecule has 6 aromatic carbocycles. The fourth-order valence-electron chi connectivity index (χ4n) is 11.7. The maximum atomic E-state index is 2.62. The molecule has 4 aliphatic carbocycles. The fraction of sp³-hybridized carbons (Fsp3) is 0.200. The molecule has 2 nitrogen and oxygen atoms in total. The lowest BCUT2D eigenvalue weighted by Crippen LogP contribution is -2.33. The second kappa shape index (κ2) is 13.0. The van der Waals surface area contributed by atoms with Gasteiger partial charge in [-0.2, -0.15) is 0 Å². The van der Waals surface area contributed by atoms with E-state index in [0.717, 1.165) is 25.9 Å². The van der Waals surface area contributed by atoms with Gasteiger partial charge in [0.1, 0.15) is 0 Å². The van der Waals surface area contributed by atoms with Crippen molar-refractivity contribution < 1.29 is 0 Å². The van der Waals surface area contributed by atoms with Gasteiger partial charge in [-0.15, -0.1) is 0 Å². The number of aryl methyl sites for hydroxylation is 1. The first-order valence-corrected chi connectivity index (χ1v) is 21.2. The smallest absolute Gasteiger partial charge is 0.0542 e. The zero-order valence-corrected chi connectivity index (χ0v) is 32.4. The summed E-state index contributed by atoms with van der Waals surface area (Å²) < 4.78 is 0. The Labute approximate surface area is 336 Å². The summed E-state index contributed by atoms with van der Waals surface area (Å²) in [4.78, 5) is 5.16. The second-order valence-electron chi connectivity index (χ2n) is 16.9. The summed E-state index contributed by atoms with van der Waals surface area (Å²) in [7, 11) is 0. The quantitative estimate of drug-likeness (QED) is 0.178. The van der Waals surface area contributed by atoms with Crippen LogP contribution in [0.2, 0.25) is 0 Å². The lowest BCUT2D eigenvalue weighted by atomic mass is 9.64. The molecule has 0 saturated heterocycles. The Morgan fingerprint density at radius 2 is 1.33 bits per heavy atom. The van der Waals surface area contributed by atoms with Crippen molar-refractivity contribution in [2.24, 2.45) is 5.92 Å². The molecule has 0 bridgehead atoms. The monoisotopic (exact) mass is 734 g/mol. The first-order chi connectivity index (χ1) is 28.3. The molecule has 276 valence electrons. The Morgan fingerprint density at radius 1 is 0.579 bits per heavy atom. The molecule has 2 aliphatic heterocycles. The van der Waals surface area contributed by atoms with Crippen molar-refractivity contribution in [1.29, 1.82) is 0 Å². The van der Waals surface area contributed by atoms with Crippen molar-refractivity contribution in [1.82, 2.24) is 0 Å². The van der Waals surface area contributed by atoms with Gasteiger partial charge in [0, 0.05) is 47.2 Å². The Balaban J connectivity index is 0.963. The highest BCUT2D eigenvalue weighted by molar-refractivity contribution is 6.01. The van der Waals surface area contributed by atoms with Crippen molar-refractivity contribution >= 4 is 39.5 Å². The summed E-state index contributed by atoms with van der Waals surface area (Å²) in [5.74, 6) is 0.293. The number of hydrogen-bond acceptors (Lipinski definition) is 2. The van der Waals surface area contributed by atoms with Gasteiger partial charge >= 0.3 is 0 Å². The van der Waals surface area contributed by atoms with E-state index in [9.17, 15) is 0 Å². The molecule has 0 N–H and O–H groups in total. The maximum absolute atomic E-state index is 2.62. The van der Waals surface area contributed by atoms with Gasteiger partial charge < -0.3 is 9.80 Å². The van der Waals surface area contributed by atoms with Gasteiger partial charge in [-0.25, -0.2) is 0 Å². The van der Waals surface area contributed by atoms with Crippen LogP contribution in [0.5, 0.6) is 0 Å². The summed E-state index contributed by atoms with van der Waals surface area (Å²) >= 11 is 0. The Kier molecular flexibility index (Phi) is 7.52. The lowest BCUT2D eigenvalue weighted by Gasteiger charge is -2.38. The normalized spacial score (nSPS) is 19.9. The van der Waals surface area contributed by atoms with Crippen LogP contribution >= 0.6 is 0 Å². The van der Waals surface area contributed by atoms with Crippen LogP contribution in [0.4, 0.5) is 17.1 Å². The summed E-state index contributed by atoms with van der Waals surface area (Å²) in [6, 6.07) is 48.7. The third-order valence-electron chi connectivity index (χ3n) is 14.1. The standard InChI is InChI=1S/C55H46N2/c1-9-23-52-39(13-1)15-11-33-56(52)41-29-31-46-45-30-26-37(35-50(45)55(51(46)36-41)48-21-7-5-18-43(48)44-19-6-8-22-49(44)55)25-27-38-28-32-54(47-20-4-3-17-42(38)47)57-34-12-16-40-14-2-10-24-53(40)57/h2-10,14,17-32,36,50H,1,11-13,15-16,33-35H2. The van der Waals surface area contributed by atoms with Crippen molar-refractivity contribution in [2.45, 2.75) is 50.4 Å². The predicted molar refractivity (Wildman–Crippen MR) is 239 cm³/mol. The number of benzene rings is 6. The van der Waals surface area contributed by atoms with Gasteiger partial charge in [0.25, 0.3) is 0 Å². The zero-order valence-electron chi connectivity index (χ0n) is 32.4. The average Bonchev–Trinajstić information content (AvgIpc) is 3.74. The van der Waals surface area contributed by atoms with Gasteiger partial charge in [-0.1, -0.05) is 134 Å². The molecule has 2 heteroatoms. The summed E-state index contributed by atoms with van der Waals surface area (Å²) in [5.41, 5.74) is 21.0. The van der Waals surface area contributed by atoms with E-state index in [2.05, 4.69) is 174 Å². The Bertz CT molecular complexity index is 2760. The van der Waals surface area contributed by atoms with Crippen LogP contribution in [0.15, 0.2) is 175 Å². The first-order valence-electron chi connectivity index (χ1n) is 21.2. The van der Waals surface area contributed by atoms with Crippen molar-refractivity contribution in [3.63, 3.8) is 0 Å². The highest BCUT2D eigenvalue weighted by Gasteiger charge is 2.56. The molecule has 6 aliphatic rings. The van der Waals surface area contributed by atoms with E-state index < -0.39 is 0 Å². The molecular weight excluding hydrogens is 689 g/mol. The van der Waals surface area contributed by atoms with E-state index in [4.69, 9.17) is 0 Å². The highest BCUT2D eigenvalue weighted by atomic mass is 15.2. The van der Waals surface area contributed by atoms with Crippen LogP contribution in [0.1, 0.15) is 71.9 Å².